The SMILES string of the molecule is CCCCCCNC1CCCC1C#N. The molecule has 2 heteroatoms. The van der Waals surface area contributed by atoms with Crippen LogP contribution in [0.15, 0.2) is 0 Å². The van der Waals surface area contributed by atoms with Gasteiger partial charge in [0.05, 0.1) is 12.0 Å². The van der Waals surface area contributed by atoms with Crippen molar-refractivity contribution in [2.45, 2.75) is 57.9 Å². The predicted molar refractivity (Wildman–Crippen MR) is 58.9 cm³/mol. The normalized spacial score (nSPS) is 26.3. The van der Waals surface area contributed by atoms with Crippen LogP contribution in [-0.2, 0) is 0 Å². The first-order chi connectivity index (χ1) is 6.88. The Labute approximate surface area is 87.7 Å². The fourth-order valence-electron chi connectivity index (χ4n) is 2.20. The highest BCUT2D eigenvalue weighted by Gasteiger charge is 2.25. The van der Waals surface area contributed by atoms with E-state index in [2.05, 4.69) is 18.3 Å². The van der Waals surface area contributed by atoms with Gasteiger partial charge in [0.1, 0.15) is 0 Å². The molecule has 0 amide bonds. The highest BCUT2D eigenvalue weighted by Crippen LogP contribution is 2.24. The zero-order valence-corrected chi connectivity index (χ0v) is 9.26. The first-order valence-corrected chi connectivity index (χ1v) is 6.01. The molecule has 0 bridgehead atoms. The van der Waals surface area contributed by atoms with E-state index in [1.807, 2.05) is 0 Å². The number of nitriles is 1. The van der Waals surface area contributed by atoms with Crippen molar-refractivity contribution < 1.29 is 0 Å². The van der Waals surface area contributed by atoms with Crippen LogP contribution in [0, 0.1) is 17.2 Å². The number of nitrogens with one attached hydrogen (secondary N) is 1. The summed E-state index contributed by atoms with van der Waals surface area (Å²) in [6, 6.07) is 2.89. The highest BCUT2D eigenvalue weighted by molar-refractivity contribution is 4.96. The van der Waals surface area contributed by atoms with Gasteiger partial charge in [-0.1, -0.05) is 32.6 Å². The van der Waals surface area contributed by atoms with Crippen LogP contribution in [0.5, 0.6) is 0 Å². The number of unbranched alkanes of at least 4 members (excludes halogenated alkanes) is 3. The van der Waals surface area contributed by atoms with Crippen LogP contribution in [0.4, 0.5) is 0 Å². The molecule has 80 valence electrons. The molecule has 2 atom stereocenters. The van der Waals surface area contributed by atoms with Gasteiger partial charge >= 0.3 is 0 Å². The van der Waals surface area contributed by atoms with E-state index < -0.39 is 0 Å². The van der Waals surface area contributed by atoms with Crippen LogP contribution < -0.4 is 5.32 Å². The minimum absolute atomic E-state index is 0.279. The fourth-order valence-corrected chi connectivity index (χ4v) is 2.20. The number of hydrogen-bond donors (Lipinski definition) is 1. The second-order valence-corrected chi connectivity index (χ2v) is 4.29. The monoisotopic (exact) mass is 194 g/mol. The average molecular weight is 194 g/mol. The molecule has 1 aliphatic rings. The molecule has 0 aromatic heterocycles. The maximum Gasteiger partial charge on any atom is 0.0672 e. The molecule has 0 aliphatic heterocycles. The lowest BCUT2D eigenvalue weighted by Gasteiger charge is -2.15. The summed E-state index contributed by atoms with van der Waals surface area (Å²) >= 11 is 0. The van der Waals surface area contributed by atoms with Gasteiger partial charge in [0.2, 0.25) is 0 Å². The van der Waals surface area contributed by atoms with E-state index in [1.54, 1.807) is 0 Å². The van der Waals surface area contributed by atoms with E-state index in [9.17, 15) is 0 Å². The number of nitrogens with zero attached hydrogens (tertiary/aromatic N) is 1. The molecular weight excluding hydrogens is 172 g/mol. The lowest BCUT2D eigenvalue weighted by Crippen LogP contribution is -2.32. The molecule has 2 unspecified atom stereocenters. The van der Waals surface area contributed by atoms with Gasteiger partial charge < -0.3 is 5.32 Å². The number of rotatable bonds is 6. The molecule has 1 fully saturated rings. The second kappa shape index (κ2) is 6.84. The van der Waals surface area contributed by atoms with Gasteiger partial charge in [-0.3, -0.25) is 0 Å². The molecule has 0 saturated heterocycles. The summed E-state index contributed by atoms with van der Waals surface area (Å²) in [5, 5.41) is 12.4. The number of hydrogen-bond acceptors (Lipinski definition) is 2. The van der Waals surface area contributed by atoms with E-state index in [-0.39, 0.29) is 5.92 Å². The van der Waals surface area contributed by atoms with Crippen molar-refractivity contribution in [3.05, 3.63) is 0 Å². The molecule has 14 heavy (non-hydrogen) atoms. The molecule has 1 saturated carbocycles. The molecule has 1 N–H and O–H groups in total. The van der Waals surface area contributed by atoms with Crippen molar-refractivity contribution in [1.82, 2.24) is 5.32 Å². The molecule has 2 nitrogen and oxygen atoms in total. The Bertz CT molecular complexity index is 183. The van der Waals surface area contributed by atoms with Gasteiger partial charge in [0.15, 0.2) is 0 Å². The predicted octanol–water partition coefficient (Wildman–Crippen LogP) is 2.85. The average Bonchev–Trinajstić information content (AvgIpc) is 2.65. The van der Waals surface area contributed by atoms with Crippen molar-refractivity contribution in [2.24, 2.45) is 5.92 Å². The minimum Gasteiger partial charge on any atom is -0.313 e. The summed E-state index contributed by atoms with van der Waals surface area (Å²) in [6.45, 7) is 3.33. The van der Waals surface area contributed by atoms with Crippen LogP contribution in [0.1, 0.15) is 51.9 Å². The highest BCUT2D eigenvalue weighted by atomic mass is 14.9. The van der Waals surface area contributed by atoms with Crippen molar-refractivity contribution in [2.75, 3.05) is 6.54 Å². The maximum absolute atomic E-state index is 8.89. The Morgan fingerprint density at radius 1 is 1.29 bits per heavy atom. The quantitative estimate of drug-likeness (QED) is 0.660. The maximum atomic E-state index is 8.89. The molecule has 0 heterocycles. The van der Waals surface area contributed by atoms with Crippen molar-refractivity contribution in [3.8, 4) is 6.07 Å². The Balaban J connectivity index is 2.03. The molecule has 0 spiro atoms. The third-order valence-corrected chi connectivity index (χ3v) is 3.12. The third kappa shape index (κ3) is 3.67. The lowest BCUT2D eigenvalue weighted by atomic mass is 10.1. The van der Waals surface area contributed by atoms with Crippen LogP contribution >= 0.6 is 0 Å². The van der Waals surface area contributed by atoms with E-state index in [0.29, 0.717) is 6.04 Å². The van der Waals surface area contributed by atoms with Crippen molar-refractivity contribution in [1.29, 1.82) is 5.26 Å². The van der Waals surface area contributed by atoms with Gasteiger partial charge in [-0.2, -0.15) is 5.26 Å². The molecule has 1 aliphatic carbocycles. The van der Waals surface area contributed by atoms with Gasteiger partial charge in [-0.25, -0.2) is 0 Å². The van der Waals surface area contributed by atoms with Crippen molar-refractivity contribution >= 4 is 0 Å². The van der Waals surface area contributed by atoms with E-state index >= 15 is 0 Å². The standard InChI is InChI=1S/C12H22N2/c1-2-3-4-5-9-14-12-8-6-7-11(12)10-13/h11-12,14H,2-9H2,1H3. The molecule has 1 rings (SSSR count). The largest absolute Gasteiger partial charge is 0.313 e. The summed E-state index contributed by atoms with van der Waals surface area (Å²) in [5.74, 6) is 0.279. The van der Waals surface area contributed by atoms with Crippen LogP contribution in [0.25, 0.3) is 0 Å². The molecule has 0 radical (unpaired) electrons. The Hall–Kier alpha value is -0.550. The van der Waals surface area contributed by atoms with Gasteiger partial charge in [0.25, 0.3) is 0 Å². The Kier molecular flexibility index (Phi) is 5.63. The fraction of sp³-hybridized carbons (Fsp3) is 0.917. The van der Waals surface area contributed by atoms with Crippen LogP contribution in [0.2, 0.25) is 0 Å². The lowest BCUT2D eigenvalue weighted by molar-refractivity contribution is 0.454. The zero-order chi connectivity index (χ0) is 10.2. The minimum atomic E-state index is 0.279. The Morgan fingerprint density at radius 3 is 2.86 bits per heavy atom. The van der Waals surface area contributed by atoms with Gasteiger partial charge in [-0.05, 0) is 25.8 Å². The summed E-state index contributed by atoms with van der Waals surface area (Å²) in [5.41, 5.74) is 0. The van der Waals surface area contributed by atoms with Crippen molar-refractivity contribution in [3.63, 3.8) is 0 Å². The van der Waals surface area contributed by atoms with Crippen LogP contribution in [0.3, 0.4) is 0 Å². The first-order valence-electron chi connectivity index (χ1n) is 6.01. The smallest absolute Gasteiger partial charge is 0.0672 e. The summed E-state index contributed by atoms with van der Waals surface area (Å²) in [6.07, 6.45) is 8.76. The summed E-state index contributed by atoms with van der Waals surface area (Å²) < 4.78 is 0. The summed E-state index contributed by atoms with van der Waals surface area (Å²) in [4.78, 5) is 0. The molecular formula is C12H22N2. The first kappa shape index (κ1) is 11.5. The van der Waals surface area contributed by atoms with E-state index in [1.165, 1.54) is 38.5 Å². The topological polar surface area (TPSA) is 35.8 Å². The van der Waals surface area contributed by atoms with E-state index in [4.69, 9.17) is 5.26 Å². The molecule has 0 aromatic rings. The van der Waals surface area contributed by atoms with Gasteiger partial charge in [-0.15, -0.1) is 0 Å². The zero-order valence-electron chi connectivity index (χ0n) is 9.26. The van der Waals surface area contributed by atoms with Gasteiger partial charge in [0, 0.05) is 6.04 Å². The Morgan fingerprint density at radius 2 is 2.14 bits per heavy atom. The van der Waals surface area contributed by atoms with Crippen LogP contribution in [-0.4, -0.2) is 12.6 Å². The second-order valence-electron chi connectivity index (χ2n) is 4.29. The molecule has 0 aromatic carbocycles. The van der Waals surface area contributed by atoms with E-state index in [0.717, 1.165) is 13.0 Å². The third-order valence-electron chi connectivity index (χ3n) is 3.12. The summed E-state index contributed by atoms with van der Waals surface area (Å²) in [7, 11) is 0.